The zero-order valence-corrected chi connectivity index (χ0v) is 25.5. The van der Waals surface area contributed by atoms with Crippen molar-refractivity contribution >= 4 is 49.3 Å². The van der Waals surface area contributed by atoms with Crippen LogP contribution in [0.4, 0.5) is 23.2 Å². The van der Waals surface area contributed by atoms with Crippen molar-refractivity contribution in [2.45, 2.75) is 33.3 Å². The molecule has 3 atom stereocenters. The van der Waals surface area contributed by atoms with Gasteiger partial charge in [0.25, 0.3) is 0 Å². The van der Waals surface area contributed by atoms with Crippen molar-refractivity contribution in [1.29, 1.82) is 5.26 Å². The Kier molecular flexibility index (Phi) is 8.25. The second kappa shape index (κ2) is 11.4. The van der Waals surface area contributed by atoms with Gasteiger partial charge in [-0.25, -0.2) is 0 Å². The first kappa shape index (κ1) is 29.0. The summed E-state index contributed by atoms with van der Waals surface area (Å²) in [4.78, 5) is 18.7. The quantitative estimate of drug-likeness (QED) is 0.109. The van der Waals surface area contributed by atoms with E-state index in [0.29, 0.717) is 34.0 Å². The van der Waals surface area contributed by atoms with Crippen LogP contribution in [0.25, 0.3) is 22.4 Å². The van der Waals surface area contributed by atoms with Gasteiger partial charge in [0.15, 0.2) is 0 Å². The molecule has 3 aromatic rings. The number of alkyl halides is 7. The molecule has 0 bridgehead atoms. The van der Waals surface area contributed by atoms with E-state index in [9.17, 15) is 27.6 Å². The van der Waals surface area contributed by atoms with Crippen LogP contribution in [0, 0.1) is 17.2 Å². The first-order valence-electron chi connectivity index (χ1n) is 12.1. The predicted octanol–water partition coefficient (Wildman–Crippen LogP) is 0.931. The number of rotatable bonds is 9. The Morgan fingerprint density at radius 2 is 2.25 bits per heavy atom. The molecule has 10 nitrogen and oxygen atoms in total. The van der Waals surface area contributed by atoms with Gasteiger partial charge in [0.2, 0.25) is 0 Å². The number of carbonyl (C=O) groups is 1. The minimum atomic E-state index is -4.53. The maximum atomic E-state index is 14.8. The topological polar surface area (TPSA) is 124 Å². The molecule has 0 radical (unpaired) electrons. The van der Waals surface area contributed by atoms with Crippen molar-refractivity contribution < 1.29 is 48.4 Å². The summed E-state index contributed by atoms with van der Waals surface area (Å²) in [6.07, 6.45) is -4.12. The van der Waals surface area contributed by atoms with Crippen LogP contribution in [0.15, 0.2) is 32.0 Å². The molecule has 40 heavy (non-hydrogen) atoms. The second-order valence-electron chi connectivity index (χ2n) is 9.47. The molecule has 1 aliphatic carbocycles. The molecule has 1 aromatic carbocycles. The third kappa shape index (κ3) is 6.05. The number of fused-ring (bicyclic) bond motifs is 1. The predicted molar refractivity (Wildman–Crippen MR) is 144 cm³/mol. The molecule has 0 unspecified atom stereocenters. The first-order valence-corrected chi connectivity index (χ1v) is 18.0. The van der Waals surface area contributed by atoms with E-state index in [0.717, 1.165) is 11.1 Å². The van der Waals surface area contributed by atoms with Gasteiger partial charge < -0.3 is 0 Å². The fourth-order valence-corrected chi connectivity index (χ4v) is 11.5. The molecule has 216 valence electrons. The number of aromatic nitrogens is 3. The Bertz CT molecular complexity index is 1470. The van der Waals surface area contributed by atoms with Gasteiger partial charge in [-0.2, -0.15) is 0 Å². The number of nitrogens with one attached hydrogen (secondary N) is 2. The van der Waals surface area contributed by atoms with Crippen molar-refractivity contribution in [3.63, 3.8) is 0 Å². The monoisotopic (exact) mass is 787 g/mol. The summed E-state index contributed by atoms with van der Waals surface area (Å²) in [6, 6.07) is 8.66. The minimum absolute atomic E-state index is 0.00483. The molecule has 1 saturated heterocycles. The van der Waals surface area contributed by atoms with E-state index in [4.69, 9.17) is 4.52 Å². The van der Waals surface area contributed by atoms with Crippen LogP contribution in [0.1, 0.15) is 12.3 Å². The zero-order valence-electron chi connectivity index (χ0n) is 21.2. The van der Waals surface area contributed by atoms with Crippen LogP contribution in [-0.2, 0) is 17.9 Å². The molecule has 0 spiro atoms. The number of nitrogens with zero attached hydrogens (tertiary/aromatic N) is 6. The van der Waals surface area contributed by atoms with Crippen LogP contribution in [0.5, 0.6) is 0 Å². The number of hydrogen-bond acceptors (Lipinski definition) is 8. The fraction of sp³-hybridized carbons (Fsp3) is 0.458. The van der Waals surface area contributed by atoms with Crippen LogP contribution >= 0.6 is 20.1 Å². The van der Waals surface area contributed by atoms with E-state index in [1.807, 2.05) is 11.9 Å². The second-order valence-corrected chi connectivity index (χ2v) is 17.8. The Labute approximate surface area is 244 Å². The van der Waals surface area contributed by atoms with Gasteiger partial charge in [0.1, 0.15) is 0 Å². The molecule has 1 saturated carbocycles. The molecule has 2 N–H and O–H groups in total. The zero-order chi connectivity index (χ0) is 28.7. The third-order valence-electron chi connectivity index (χ3n) is 6.63. The van der Waals surface area contributed by atoms with Gasteiger partial charge in [0.05, 0.1) is 0 Å². The molecule has 2 fully saturated rings. The van der Waals surface area contributed by atoms with Crippen molar-refractivity contribution in [3.05, 3.63) is 30.2 Å². The van der Waals surface area contributed by atoms with E-state index in [1.54, 1.807) is 24.3 Å². The van der Waals surface area contributed by atoms with E-state index >= 15 is 0 Å². The maximum absolute atomic E-state index is 14.8. The van der Waals surface area contributed by atoms with E-state index < -0.39 is 67.8 Å². The third-order valence-corrected chi connectivity index (χ3v) is 14.2. The molecular weight excluding hydrogens is 762 g/mol. The summed E-state index contributed by atoms with van der Waals surface area (Å²) in [5.74, 6) is -0.908. The standard InChI is InChI=1S/C24H25F4I2N8O2/c1-32-29-23(12-31)9-15(23)22(39)33-10-20-34-21(36-40-20)18-8-14-16(35-30-6-7-37(2)11-19(30)25)4-3-5-17(14)38(18)13-24(26,27)28/h3-5,8,15,19,35H,1,6-7,9-11,13H2,2H3,(H,33,39)/q-1/t15-,19+,23-/m0/s1. The van der Waals surface area contributed by atoms with Gasteiger partial charge in [-0.05, 0) is 0 Å². The number of nitriles is 1. The Morgan fingerprint density at radius 1 is 1.45 bits per heavy atom. The van der Waals surface area contributed by atoms with Crippen LogP contribution in [0.3, 0.4) is 0 Å². The van der Waals surface area contributed by atoms with Crippen molar-refractivity contribution in [2.75, 3.05) is 28.1 Å². The van der Waals surface area contributed by atoms with Gasteiger partial charge >= 0.3 is 246 Å². The molecule has 2 aromatic heterocycles. The summed E-state index contributed by atoms with van der Waals surface area (Å²) < 4.78 is 68.1. The van der Waals surface area contributed by atoms with Gasteiger partial charge in [-0.1, -0.05) is 0 Å². The molecular formula is C24H25F4I2N8O2-. The van der Waals surface area contributed by atoms with Gasteiger partial charge in [-0.3, -0.25) is 0 Å². The Balaban J connectivity index is 1.39. The molecule has 1 amide bonds. The van der Waals surface area contributed by atoms with Crippen LogP contribution in [0.2, 0.25) is 0 Å². The summed E-state index contributed by atoms with van der Waals surface area (Å²) in [5, 5.41) is 16.4. The summed E-state index contributed by atoms with van der Waals surface area (Å²) in [7, 11) is 1.86. The molecule has 16 heteroatoms. The van der Waals surface area contributed by atoms with Crippen LogP contribution < -0.4 is 30.3 Å². The van der Waals surface area contributed by atoms with Crippen molar-refractivity contribution in [2.24, 2.45) is 9.12 Å². The Hall–Kier alpha value is -2.53. The van der Waals surface area contributed by atoms with E-state index in [-0.39, 0.29) is 29.9 Å². The number of amides is 1. The normalized spacial score (nSPS) is 24.1. The first-order chi connectivity index (χ1) is 19.0. The van der Waals surface area contributed by atoms with E-state index in [2.05, 4.69) is 35.0 Å². The average Bonchev–Trinajstić information content (AvgIpc) is 3.23. The van der Waals surface area contributed by atoms with E-state index in [1.165, 1.54) is 0 Å². The van der Waals surface area contributed by atoms with Crippen LogP contribution in [-0.4, -0.2) is 70.6 Å². The number of halogens is 6. The molecule has 5 rings (SSSR count). The number of benzene rings is 1. The molecule has 1 aliphatic heterocycles. The molecule has 2 aliphatic rings. The molecule has 3 heterocycles. The van der Waals surface area contributed by atoms with Gasteiger partial charge in [0, 0.05) is 0 Å². The number of anilines is 1. The Morgan fingerprint density at radius 3 is 2.95 bits per heavy atom. The number of hydrogen-bond donors (Lipinski definition) is 2. The van der Waals surface area contributed by atoms with Gasteiger partial charge in [-0.15, -0.1) is 0 Å². The summed E-state index contributed by atoms with van der Waals surface area (Å²) in [5.41, 5.74) is 0.966. The van der Waals surface area contributed by atoms with Crippen molar-refractivity contribution in [1.82, 2.24) is 24.9 Å². The summed E-state index contributed by atoms with van der Waals surface area (Å²) in [6.45, 7) is 3.10. The number of carbonyl (C=O) groups excluding carboxylic acids is 1. The summed E-state index contributed by atoms with van der Waals surface area (Å²) >= 11 is -3.15. The van der Waals surface area contributed by atoms with Crippen molar-refractivity contribution in [3.8, 4) is 17.6 Å². The SMILES string of the molecule is C=N[I-][C@]1(C#N)C[C@H]1C(=O)NCc1nc(-c2cc3c(NI4CCN(C)C[C@@H]4F)cccc3n2CC(F)(F)F)no1. The average molecular weight is 787 g/mol. The fourth-order valence-electron chi connectivity index (χ4n) is 4.50.